The van der Waals surface area contributed by atoms with Crippen molar-refractivity contribution in [2.75, 3.05) is 18.4 Å². The number of urea groups is 1. The Balaban J connectivity index is 1.02. The molecule has 2 aliphatic heterocycles. The van der Waals surface area contributed by atoms with Gasteiger partial charge >= 0.3 is 6.03 Å². The van der Waals surface area contributed by atoms with E-state index in [0.717, 1.165) is 16.7 Å². The van der Waals surface area contributed by atoms with Gasteiger partial charge in [0, 0.05) is 30.7 Å². The first kappa shape index (κ1) is 28.3. The molecule has 3 fully saturated rings. The second kappa shape index (κ2) is 10.5. The van der Waals surface area contributed by atoms with E-state index >= 15 is 0 Å². The van der Waals surface area contributed by atoms with Crippen LogP contribution in [0.25, 0.3) is 5.57 Å². The summed E-state index contributed by atoms with van der Waals surface area (Å²) in [4.78, 5) is 47.0. The summed E-state index contributed by atoms with van der Waals surface area (Å²) < 4.78 is 13.5. The fraction of sp³-hybridized carbons (Fsp3) is 0.500. The zero-order valence-corrected chi connectivity index (χ0v) is 24.2. The molecule has 3 aliphatic carbocycles. The summed E-state index contributed by atoms with van der Waals surface area (Å²) in [5, 5.41) is 16.5. The number of hydrogen-bond donors (Lipinski definition) is 3. The zero-order valence-electron chi connectivity index (χ0n) is 24.2. The Morgan fingerprint density at radius 2 is 1.69 bits per heavy atom. The van der Waals surface area contributed by atoms with Gasteiger partial charge in [-0.1, -0.05) is 18.2 Å². The van der Waals surface area contributed by atoms with Crippen molar-refractivity contribution >= 4 is 29.1 Å². The second-order valence-electron chi connectivity index (χ2n) is 12.9. The van der Waals surface area contributed by atoms with Crippen LogP contribution in [0, 0.1) is 11.2 Å². The number of halogens is 1. The molecule has 1 aromatic heterocycles. The lowest BCUT2D eigenvalue weighted by Crippen LogP contribution is -2.61. The van der Waals surface area contributed by atoms with Crippen molar-refractivity contribution in [3.8, 4) is 0 Å². The highest BCUT2D eigenvalue weighted by atomic mass is 19.1. The van der Waals surface area contributed by atoms with Crippen LogP contribution in [-0.4, -0.2) is 62.0 Å². The third-order valence-electron chi connectivity index (χ3n) is 9.67. The summed E-state index contributed by atoms with van der Waals surface area (Å²) in [6, 6.07) is 8.75. The average molecular weight is 576 g/mol. The lowest BCUT2D eigenvalue weighted by Gasteiger charge is -2.50. The van der Waals surface area contributed by atoms with E-state index in [1.165, 1.54) is 12.3 Å². The van der Waals surface area contributed by atoms with Crippen molar-refractivity contribution in [3.05, 3.63) is 65.2 Å². The summed E-state index contributed by atoms with van der Waals surface area (Å²) in [6.07, 6.45) is 7.84. The Bertz CT molecular complexity index is 1430. The van der Waals surface area contributed by atoms with Gasteiger partial charge in [-0.3, -0.25) is 14.6 Å². The van der Waals surface area contributed by atoms with Crippen LogP contribution in [0.3, 0.4) is 0 Å². The smallest absolute Gasteiger partial charge is 0.322 e. The zero-order chi connectivity index (χ0) is 29.7. The van der Waals surface area contributed by atoms with E-state index in [4.69, 9.17) is 0 Å². The topological polar surface area (TPSA) is 115 Å². The number of aromatic nitrogens is 1. The maximum Gasteiger partial charge on any atom is 0.322 e. The van der Waals surface area contributed by atoms with E-state index in [2.05, 4.69) is 15.6 Å². The van der Waals surface area contributed by atoms with Crippen LogP contribution < -0.4 is 10.6 Å². The second-order valence-corrected chi connectivity index (χ2v) is 12.9. The summed E-state index contributed by atoms with van der Waals surface area (Å²) in [6.45, 7) is 5.20. The maximum atomic E-state index is 13.5. The Morgan fingerprint density at radius 3 is 2.33 bits per heavy atom. The minimum atomic E-state index is -1.02. The number of fused-ring (bicyclic) bond motifs is 4. The first-order chi connectivity index (χ1) is 20.0. The number of anilines is 1. The molecule has 7 rings (SSSR count). The third kappa shape index (κ3) is 5.40. The molecule has 42 heavy (non-hydrogen) atoms. The van der Waals surface area contributed by atoms with Gasteiger partial charge in [0.05, 0.1) is 24.0 Å². The van der Waals surface area contributed by atoms with E-state index in [-0.39, 0.29) is 17.8 Å². The standard InChI is InChI=1S/C32H38FN5O4/c1-30(2,36-27(39)31-9-12-32(42,13-10-31)14-11-31)28(40)37-15-7-22(8-16-37)21-3-5-25(6-4-21)35-29(41)38-19-23-17-24(33)18-34-26(23)20-38/h3-7,17-18,42H,8-16,19-20H2,1-2H3,(H,35,41)(H,36,39). The van der Waals surface area contributed by atoms with Gasteiger partial charge in [-0.2, -0.15) is 0 Å². The molecule has 9 nitrogen and oxygen atoms in total. The van der Waals surface area contributed by atoms with Crippen LogP contribution in [0.1, 0.15) is 75.6 Å². The number of nitrogens with zero attached hydrogens (tertiary/aromatic N) is 3. The molecule has 3 N–H and O–H groups in total. The molecule has 10 heteroatoms. The van der Waals surface area contributed by atoms with E-state index in [0.29, 0.717) is 82.5 Å². The van der Waals surface area contributed by atoms with Gasteiger partial charge in [-0.05, 0) is 93.7 Å². The van der Waals surface area contributed by atoms with Crippen LogP contribution in [0.4, 0.5) is 14.9 Å². The minimum absolute atomic E-state index is 0.0668. The van der Waals surface area contributed by atoms with Crippen molar-refractivity contribution < 1.29 is 23.9 Å². The molecule has 1 aromatic carbocycles. The lowest BCUT2D eigenvalue weighted by atomic mass is 9.58. The molecule has 222 valence electrons. The molecule has 0 saturated heterocycles. The molecule has 3 saturated carbocycles. The first-order valence-electron chi connectivity index (χ1n) is 14.8. The van der Waals surface area contributed by atoms with Crippen LogP contribution >= 0.6 is 0 Å². The predicted molar refractivity (Wildman–Crippen MR) is 155 cm³/mol. The number of carbonyl (C=O) groups is 3. The van der Waals surface area contributed by atoms with Crippen LogP contribution in [-0.2, 0) is 22.7 Å². The summed E-state index contributed by atoms with van der Waals surface area (Å²) >= 11 is 0. The van der Waals surface area contributed by atoms with E-state index in [1.807, 2.05) is 30.3 Å². The average Bonchev–Trinajstić information content (AvgIpc) is 3.41. The van der Waals surface area contributed by atoms with Gasteiger partial charge in [-0.25, -0.2) is 9.18 Å². The fourth-order valence-electron chi connectivity index (χ4n) is 6.83. The number of amides is 4. The summed E-state index contributed by atoms with van der Waals surface area (Å²) in [5.74, 6) is -0.580. The van der Waals surface area contributed by atoms with Crippen LogP contribution in [0.15, 0.2) is 42.6 Å². The van der Waals surface area contributed by atoms with Gasteiger partial charge in [0.2, 0.25) is 11.8 Å². The molecular formula is C32H38FN5O4. The highest BCUT2D eigenvalue weighted by Gasteiger charge is 2.52. The first-order valence-corrected chi connectivity index (χ1v) is 14.8. The van der Waals surface area contributed by atoms with Gasteiger partial charge in [0.25, 0.3) is 0 Å². The number of benzene rings is 1. The number of carbonyl (C=O) groups excluding carboxylic acids is 3. The Hall–Kier alpha value is -3.79. The van der Waals surface area contributed by atoms with E-state index in [9.17, 15) is 23.9 Å². The van der Waals surface area contributed by atoms with Crippen molar-refractivity contribution in [1.29, 1.82) is 0 Å². The summed E-state index contributed by atoms with van der Waals surface area (Å²) in [5.41, 5.74) is 2.13. The number of rotatable bonds is 5. The monoisotopic (exact) mass is 575 g/mol. The van der Waals surface area contributed by atoms with Crippen molar-refractivity contribution in [1.82, 2.24) is 20.1 Å². The molecule has 0 spiro atoms. The molecule has 4 amide bonds. The van der Waals surface area contributed by atoms with Gasteiger partial charge in [-0.15, -0.1) is 0 Å². The van der Waals surface area contributed by atoms with Gasteiger partial charge < -0.3 is 25.5 Å². The molecule has 0 atom stereocenters. The molecule has 0 unspecified atom stereocenters. The number of nitrogens with one attached hydrogen (secondary N) is 2. The van der Waals surface area contributed by atoms with Gasteiger partial charge in [0.1, 0.15) is 11.4 Å². The maximum absolute atomic E-state index is 13.5. The van der Waals surface area contributed by atoms with Crippen LogP contribution in [0.2, 0.25) is 0 Å². The highest BCUT2D eigenvalue weighted by Crippen LogP contribution is 2.52. The van der Waals surface area contributed by atoms with E-state index in [1.54, 1.807) is 23.6 Å². The van der Waals surface area contributed by atoms with Crippen molar-refractivity contribution in [2.45, 2.75) is 83.0 Å². The molecule has 5 aliphatic rings. The normalized spacial score (nSPS) is 25.1. The van der Waals surface area contributed by atoms with Gasteiger partial charge in [0.15, 0.2) is 0 Å². The number of hydrogen-bond acceptors (Lipinski definition) is 5. The Morgan fingerprint density at radius 1 is 1.00 bits per heavy atom. The number of aliphatic hydroxyl groups is 1. The van der Waals surface area contributed by atoms with Crippen molar-refractivity contribution in [2.24, 2.45) is 5.41 Å². The highest BCUT2D eigenvalue weighted by molar-refractivity contribution is 5.93. The quantitative estimate of drug-likeness (QED) is 0.490. The Labute approximate surface area is 245 Å². The fourth-order valence-corrected chi connectivity index (χ4v) is 6.83. The van der Waals surface area contributed by atoms with Crippen molar-refractivity contribution in [3.63, 3.8) is 0 Å². The van der Waals surface area contributed by atoms with Crippen LogP contribution in [0.5, 0.6) is 0 Å². The molecule has 3 heterocycles. The Kier molecular flexibility index (Phi) is 7.07. The third-order valence-corrected chi connectivity index (χ3v) is 9.67. The molecule has 0 radical (unpaired) electrons. The SMILES string of the molecule is CC(C)(NC(=O)C12CCC(O)(CC1)CC2)C(=O)N1CC=C(c2ccc(NC(=O)N3Cc4cc(F)cnc4C3)cc2)CC1. The molecular weight excluding hydrogens is 537 g/mol. The molecule has 2 aromatic rings. The predicted octanol–water partition coefficient (Wildman–Crippen LogP) is 4.36. The summed E-state index contributed by atoms with van der Waals surface area (Å²) in [7, 11) is 0. The largest absolute Gasteiger partial charge is 0.390 e. The molecule has 2 bridgehead atoms. The number of pyridine rings is 1. The lowest BCUT2D eigenvalue weighted by molar-refractivity contribution is -0.153. The minimum Gasteiger partial charge on any atom is -0.390 e. The van der Waals surface area contributed by atoms with E-state index < -0.39 is 22.4 Å².